The molecule has 0 N–H and O–H groups in total. The van der Waals surface area contributed by atoms with Gasteiger partial charge >= 0.3 is 0 Å². The van der Waals surface area contributed by atoms with Gasteiger partial charge in [-0.25, -0.2) is 17.9 Å². The molecule has 0 amide bonds. The summed E-state index contributed by atoms with van der Waals surface area (Å²) in [5.41, 5.74) is -0.167. The van der Waals surface area contributed by atoms with Crippen molar-refractivity contribution in [1.29, 1.82) is 0 Å². The van der Waals surface area contributed by atoms with Gasteiger partial charge in [-0.3, -0.25) is 0 Å². The van der Waals surface area contributed by atoms with E-state index in [1.165, 1.54) is 10.9 Å². The minimum atomic E-state index is -1.21. The summed E-state index contributed by atoms with van der Waals surface area (Å²) >= 11 is 0. The van der Waals surface area contributed by atoms with Crippen LogP contribution >= 0.6 is 0 Å². The smallest absolute Gasteiger partial charge is 0.185 e. The van der Waals surface area contributed by atoms with Gasteiger partial charge in [0.1, 0.15) is 11.3 Å². The van der Waals surface area contributed by atoms with Gasteiger partial charge in [-0.2, -0.15) is 5.10 Å². The average Bonchev–Trinajstić information content (AvgIpc) is 2.82. The highest BCUT2D eigenvalue weighted by Gasteiger charge is 2.23. The molecule has 0 aliphatic carbocycles. The molecule has 2 heterocycles. The largest absolute Gasteiger partial charge is 0.356 e. The summed E-state index contributed by atoms with van der Waals surface area (Å²) in [6.45, 7) is 0.547. The van der Waals surface area contributed by atoms with Crippen molar-refractivity contribution in [3.63, 3.8) is 0 Å². The van der Waals surface area contributed by atoms with E-state index >= 15 is 0 Å². The molecule has 1 aromatic carbocycles. The lowest BCUT2D eigenvalue weighted by Crippen LogP contribution is -2.19. The third-order valence-electron chi connectivity index (χ3n) is 3.15. The normalized spacial score (nSPS) is 20.5. The van der Waals surface area contributed by atoms with Crippen molar-refractivity contribution in [1.82, 2.24) is 9.78 Å². The van der Waals surface area contributed by atoms with E-state index in [1.54, 1.807) is 0 Å². The molecule has 3 rings (SSSR count). The first kappa shape index (κ1) is 11.5. The maximum absolute atomic E-state index is 13.8. The van der Waals surface area contributed by atoms with Crippen LogP contribution in [0.1, 0.15) is 25.5 Å². The van der Waals surface area contributed by atoms with Crippen LogP contribution in [0.3, 0.4) is 0 Å². The number of benzene rings is 1. The highest BCUT2D eigenvalue weighted by Crippen LogP contribution is 2.29. The van der Waals surface area contributed by atoms with Gasteiger partial charge in [-0.1, -0.05) is 0 Å². The number of nitrogens with zero attached hydrogens (tertiary/aromatic N) is 2. The first-order valence-electron chi connectivity index (χ1n) is 5.81. The summed E-state index contributed by atoms with van der Waals surface area (Å²) in [7, 11) is 0. The molecule has 96 valence electrons. The fraction of sp³-hybridized carbons (Fsp3) is 0.417. The van der Waals surface area contributed by atoms with E-state index in [9.17, 15) is 13.2 Å². The van der Waals surface area contributed by atoms with Gasteiger partial charge in [0.25, 0.3) is 0 Å². The second-order valence-corrected chi connectivity index (χ2v) is 4.33. The summed E-state index contributed by atoms with van der Waals surface area (Å²) in [6, 6.07) is 0.533. The van der Waals surface area contributed by atoms with Crippen LogP contribution in [-0.2, 0) is 4.74 Å². The maximum atomic E-state index is 13.8. The van der Waals surface area contributed by atoms with Crippen LogP contribution in [0.4, 0.5) is 13.2 Å². The van der Waals surface area contributed by atoms with E-state index in [2.05, 4.69) is 5.10 Å². The average molecular weight is 256 g/mol. The van der Waals surface area contributed by atoms with Crippen molar-refractivity contribution >= 4 is 10.9 Å². The van der Waals surface area contributed by atoms with Gasteiger partial charge in [-0.15, -0.1) is 0 Å². The Morgan fingerprint density at radius 2 is 2.06 bits per heavy atom. The standard InChI is InChI=1S/C12H11F3N2O/c13-8-5-9(14)11(15)12-7(8)6-16-17(12)10-3-1-2-4-18-10/h5-6,10H,1-4H2. The zero-order chi connectivity index (χ0) is 12.7. The Kier molecular flexibility index (Phi) is 2.74. The maximum Gasteiger partial charge on any atom is 0.185 e. The third kappa shape index (κ3) is 1.68. The Morgan fingerprint density at radius 3 is 2.78 bits per heavy atom. The molecule has 0 radical (unpaired) electrons. The molecule has 0 bridgehead atoms. The Balaban J connectivity index is 2.18. The summed E-state index contributed by atoms with van der Waals surface area (Å²) < 4.78 is 47.2. The second-order valence-electron chi connectivity index (χ2n) is 4.33. The van der Waals surface area contributed by atoms with E-state index in [1.807, 2.05) is 0 Å². The van der Waals surface area contributed by atoms with Crippen LogP contribution in [0.5, 0.6) is 0 Å². The Hall–Kier alpha value is -1.56. The number of ether oxygens (including phenoxy) is 1. The Morgan fingerprint density at radius 1 is 1.22 bits per heavy atom. The van der Waals surface area contributed by atoms with Crippen LogP contribution < -0.4 is 0 Å². The van der Waals surface area contributed by atoms with Gasteiger partial charge < -0.3 is 4.74 Å². The molecule has 1 fully saturated rings. The minimum absolute atomic E-state index is 0.0249. The molecule has 1 aliphatic rings. The van der Waals surface area contributed by atoms with E-state index in [0.29, 0.717) is 19.1 Å². The number of fused-ring (bicyclic) bond motifs is 1. The van der Waals surface area contributed by atoms with Crippen LogP contribution in [0, 0.1) is 17.5 Å². The highest BCUT2D eigenvalue weighted by molar-refractivity contribution is 5.80. The Bertz CT molecular complexity index is 591. The summed E-state index contributed by atoms with van der Waals surface area (Å²) in [5, 5.41) is 3.90. The van der Waals surface area contributed by atoms with Crippen LogP contribution in [-0.4, -0.2) is 16.4 Å². The zero-order valence-electron chi connectivity index (χ0n) is 9.50. The SMILES string of the molecule is Fc1cc(F)c2cnn(C3CCCCO3)c2c1F. The topological polar surface area (TPSA) is 27.1 Å². The van der Waals surface area contributed by atoms with Crippen LogP contribution in [0.15, 0.2) is 12.3 Å². The van der Waals surface area contributed by atoms with E-state index in [0.717, 1.165) is 12.8 Å². The Labute approximate surface area is 101 Å². The fourth-order valence-corrected chi connectivity index (χ4v) is 2.26. The van der Waals surface area contributed by atoms with Crippen molar-refractivity contribution in [3.05, 3.63) is 29.7 Å². The van der Waals surface area contributed by atoms with Crippen LogP contribution in [0.2, 0.25) is 0 Å². The van der Waals surface area contributed by atoms with Gasteiger partial charge in [0, 0.05) is 12.7 Å². The van der Waals surface area contributed by atoms with E-state index < -0.39 is 23.7 Å². The van der Waals surface area contributed by atoms with Crippen molar-refractivity contribution in [2.75, 3.05) is 6.61 Å². The molecule has 3 nitrogen and oxygen atoms in total. The second kappa shape index (κ2) is 4.28. The van der Waals surface area contributed by atoms with Crippen molar-refractivity contribution in [2.45, 2.75) is 25.5 Å². The predicted octanol–water partition coefficient (Wildman–Crippen LogP) is 3.15. The summed E-state index contributed by atoms with van der Waals surface area (Å²) in [5.74, 6) is -3.11. The summed E-state index contributed by atoms with van der Waals surface area (Å²) in [4.78, 5) is 0. The van der Waals surface area contributed by atoms with Gasteiger partial charge in [0.2, 0.25) is 0 Å². The molecule has 1 aromatic heterocycles. The van der Waals surface area contributed by atoms with Gasteiger partial charge in [0.05, 0.1) is 11.6 Å². The lowest BCUT2D eigenvalue weighted by atomic mass is 10.2. The van der Waals surface area contributed by atoms with Crippen LogP contribution in [0.25, 0.3) is 10.9 Å². The first-order chi connectivity index (χ1) is 8.68. The molecule has 6 heteroatoms. The van der Waals surface area contributed by atoms with E-state index in [4.69, 9.17) is 4.74 Å². The number of rotatable bonds is 1. The zero-order valence-corrected chi connectivity index (χ0v) is 9.50. The fourth-order valence-electron chi connectivity index (χ4n) is 2.26. The van der Waals surface area contributed by atoms with Gasteiger partial charge in [0.15, 0.2) is 17.9 Å². The molecule has 1 saturated heterocycles. The first-order valence-corrected chi connectivity index (χ1v) is 5.81. The number of hydrogen-bond acceptors (Lipinski definition) is 2. The minimum Gasteiger partial charge on any atom is -0.356 e. The van der Waals surface area contributed by atoms with Gasteiger partial charge in [-0.05, 0) is 19.3 Å². The number of halogens is 3. The molecular weight excluding hydrogens is 245 g/mol. The lowest BCUT2D eigenvalue weighted by Gasteiger charge is -2.23. The monoisotopic (exact) mass is 256 g/mol. The number of aromatic nitrogens is 2. The highest BCUT2D eigenvalue weighted by atomic mass is 19.2. The van der Waals surface area contributed by atoms with Crippen molar-refractivity contribution in [2.24, 2.45) is 0 Å². The molecule has 2 aromatic rings. The molecular formula is C12H11F3N2O. The molecule has 0 saturated carbocycles. The lowest BCUT2D eigenvalue weighted by molar-refractivity contribution is -0.0369. The molecule has 18 heavy (non-hydrogen) atoms. The summed E-state index contributed by atoms with van der Waals surface area (Å²) in [6.07, 6.45) is 3.26. The van der Waals surface area contributed by atoms with Crippen molar-refractivity contribution < 1.29 is 17.9 Å². The molecule has 1 unspecified atom stereocenters. The third-order valence-corrected chi connectivity index (χ3v) is 3.15. The predicted molar refractivity (Wildman–Crippen MR) is 58.4 cm³/mol. The molecule has 1 atom stereocenters. The van der Waals surface area contributed by atoms with Crippen molar-refractivity contribution in [3.8, 4) is 0 Å². The van der Waals surface area contributed by atoms with E-state index in [-0.39, 0.29) is 10.9 Å². The number of hydrogen-bond donors (Lipinski definition) is 0. The molecule has 0 spiro atoms. The molecule has 1 aliphatic heterocycles. The quantitative estimate of drug-likeness (QED) is 0.733.